The summed E-state index contributed by atoms with van der Waals surface area (Å²) in [6.07, 6.45) is 1.58. The number of carbonyl (C=O) groups is 1. The fourth-order valence-corrected chi connectivity index (χ4v) is 7.53. The van der Waals surface area contributed by atoms with E-state index in [0.717, 1.165) is 25.9 Å². The van der Waals surface area contributed by atoms with Crippen molar-refractivity contribution in [3.8, 4) is 11.1 Å². The van der Waals surface area contributed by atoms with Crippen molar-refractivity contribution in [2.45, 2.75) is 64.3 Å². The van der Waals surface area contributed by atoms with Crippen LogP contribution in [0.25, 0.3) is 11.1 Å². The van der Waals surface area contributed by atoms with E-state index in [1.165, 1.54) is 39.0 Å². The number of benzene rings is 3. The second kappa shape index (κ2) is 13.3. The highest BCUT2D eigenvalue weighted by Crippen LogP contribution is 2.36. The first kappa shape index (κ1) is 30.9. The van der Waals surface area contributed by atoms with Crippen LogP contribution < -0.4 is 5.32 Å². The van der Waals surface area contributed by atoms with Gasteiger partial charge in [0.2, 0.25) is 15.9 Å². The van der Waals surface area contributed by atoms with Gasteiger partial charge in [-0.15, -0.1) is 0 Å². The fourth-order valence-electron chi connectivity index (χ4n) is 5.84. The van der Waals surface area contributed by atoms with E-state index in [2.05, 4.69) is 66.5 Å². The number of rotatable bonds is 12. The molecule has 3 aromatic rings. The number of nitrogens with zero attached hydrogens (tertiary/aromatic N) is 2. The quantitative estimate of drug-likeness (QED) is 0.278. The van der Waals surface area contributed by atoms with Crippen LogP contribution in [0.15, 0.2) is 65.6 Å². The van der Waals surface area contributed by atoms with Gasteiger partial charge in [-0.05, 0) is 91.7 Å². The van der Waals surface area contributed by atoms with Crippen LogP contribution >= 0.6 is 0 Å². The largest absolute Gasteiger partial charge is 0.395 e. The molecular formula is C33H43N3O4S. The normalized spacial score (nSPS) is 17.4. The molecule has 0 spiro atoms. The van der Waals surface area contributed by atoms with E-state index >= 15 is 0 Å². The van der Waals surface area contributed by atoms with Gasteiger partial charge in [-0.3, -0.25) is 9.69 Å². The Morgan fingerprint density at radius 1 is 1.02 bits per heavy atom. The summed E-state index contributed by atoms with van der Waals surface area (Å²) in [5.74, 6) is 0.0989. The summed E-state index contributed by atoms with van der Waals surface area (Å²) < 4.78 is 28.2. The van der Waals surface area contributed by atoms with E-state index in [0.29, 0.717) is 30.3 Å². The molecule has 1 aliphatic rings. The van der Waals surface area contributed by atoms with Gasteiger partial charge in [0, 0.05) is 44.2 Å². The molecule has 1 aliphatic heterocycles. The van der Waals surface area contributed by atoms with Crippen LogP contribution in [-0.4, -0.2) is 67.5 Å². The van der Waals surface area contributed by atoms with E-state index in [-0.39, 0.29) is 23.5 Å². The summed E-state index contributed by atoms with van der Waals surface area (Å²) >= 11 is 0. The van der Waals surface area contributed by atoms with Crippen LogP contribution in [-0.2, 0) is 14.8 Å². The summed E-state index contributed by atoms with van der Waals surface area (Å²) in [6, 6.07) is 20.1. The Kier molecular flexibility index (Phi) is 10.0. The van der Waals surface area contributed by atoms with Gasteiger partial charge in [0.15, 0.2) is 0 Å². The van der Waals surface area contributed by atoms with Crippen molar-refractivity contribution in [3.05, 3.63) is 82.9 Å². The van der Waals surface area contributed by atoms with Crippen LogP contribution in [0.3, 0.4) is 0 Å². The predicted octanol–water partition coefficient (Wildman–Crippen LogP) is 5.49. The van der Waals surface area contributed by atoms with Gasteiger partial charge in [0.1, 0.15) is 0 Å². The summed E-state index contributed by atoms with van der Waals surface area (Å²) in [5, 5.41) is 12.8. The molecule has 1 saturated heterocycles. The minimum absolute atomic E-state index is 0.0809. The molecule has 7 nitrogen and oxygen atoms in total. The molecule has 0 aliphatic carbocycles. The van der Waals surface area contributed by atoms with Crippen molar-refractivity contribution in [1.29, 1.82) is 0 Å². The lowest BCUT2D eigenvalue weighted by atomic mass is 9.82. The SMILES string of the molecule is CCN(CCCCN1CC(c2ccc(-c3cccc(C)c3C)cc2)C1CO)S(=O)(=O)c1ccc(NC(C)=O)cc1C. The maximum atomic E-state index is 13.4. The number of sulfonamides is 1. The molecule has 0 radical (unpaired) electrons. The molecule has 2 unspecified atom stereocenters. The summed E-state index contributed by atoms with van der Waals surface area (Å²) in [5.41, 5.74) is 7.49. The number of aliphatic hydroxyl groups is 1. The molecule has 0 aromatic heterocycles. The molecule has 8 heteroatoms. The molecule has 41 heavy (non-hydrogen) atoms. The second-order valence-electron chi connectivity index (χ2n) is 11.1. The number of hydrogen-bond acceptors (Lipinski definition) is 5. The highest BCUT2D eigenvalue weighted by atomic mass is 32.2. The molecule has 1 amide bonds. The van der Waals surface area contributed by atoms with Gasteiger partial charge >= 0.3 is 0 Å². The van der Waals surface area contributed by atoms with E-state index in [1.807, 2.05) is 6.92 Å². The molecule has 0 bridgehead atoms. The number of nitrogens with one attached hydrogen (secondary N) is 1. The van der Waals surface area contributed by atoms with Crippen LogP contribution in [0.4, 0.5) is 5.69 Å². The minimum Gasteiger partial charge on any atom is -0.395 e. The number of amides is 1. The van der Waals surface area contributed by atoms with Crippen molar-refractivity contribution in [3.63, 3.8) is 0 Å². The van der Waals surface area contributed by atoms with Crippen molar-refractivity contribution in [1.82, 2.24) is 9.21 Å². The highest BCUT2D eigenvalue weighted by Gasteiger charge is 2.38. The summed E-state index contributed by atoms with van der Waals surface area (Å²) in [4.78, 5) is 13.9. The number of carbonyl (C=O) groups excluding carboxylic acids is 1. The monoisotopic (exact) mass is 577 g/mol. The van der Waals surface area contributed by atoms with E-state index in [1.54, 1.807) is 25.1 Å². The van der Waals surface area contributed by atoms with Crippen LogP contribution in [0.1, 0.15) is 54.9 Å². The average molecular weight is 578 g/mol. The van der Waals surface area contributed by atoms with Gasteiger partial charge in [-0.1, -0.05) is 49.4 Å². The maximum absolute atomic E-state index is 13.4. The maximum Gasteiger partial charge on any atom is 0.243 e. The van der Waals surface area contributed by atoms with Crippen molar-refractivity contribution in [2.24, 2.45) is 0 Å². The Morgan fingerprint density at radius 2 is 1.76 bits per heavy atom. The molecule has 2 atom stereocenters. The molecular weight excluding hydrogens is 534 g/mol. The average Bonchev–Trinajstić information content (AvgIpc) is 2.91. The Bertz CT molecular complexity index is 1470. The second-order valence-corrected chi connectivity index (χ2v) is 13.0. The smallest absolute Gasteiger partial charge is 0.243 e. The fraction of sp³-hybridized carbons (Fsp3) is 0.424. The Labute approximate surface area is 245 Å². The lowest BCUT2D eigenvalue weighted by Crippen LogP contribution is -2.56. The zero-order valence-electron chi connectivity index (χ0n) is 24.9. The molecule has 1 fully saturated rings. The third-order valence-electron chi connectivity index (χ3n) is 8.37. The van der Waals surface area contributed by atoms with Gasteiger partial charge in [-0.25, -0.2) is 8.42 Å². The molecule has 220 valence electrons. The molecule has 0 saturated carbocycles. The number of anilines is 1. The van der Waals surface area contributed by atoms with Gasteiger partial charge in [-0.2, -0.15) is 4.31 Å². The number of hydrogen-bond donors (Lipinski definition) is 2. The predicted molar refractivity (Wildman–Crippen MR) is 166 cm³/mol. The third-order valence-corrected chi connectivity index (χ3v) is 10.5. The number of unbranched alkanes of at least 4 members (excludes halogenated alkanes) is 1. The first-order valence-electron chi connectivity index (χ1n) is 14.5. The first-order valence-corrected chi connectivity index (χ1v) is 15.9. The number of aliphatic hydroxyl groups excluding tert-OH is 1. The van der Waals surface area contributed by atoms with Crippen LogP contribution in [0.2, 0.25) is 0 Å². The first-order chi connectivity index (χ1) is 19.6. The van der Waals surface area contributed by atoms with E-state index in [4.69, 9.17) is 0 Å². The molecule has 2 N–H and O–H groups in total. The van der Waals surface area contributed by atoms with Crippen molar-refractivity contribution >= 4 is 21.6 Å². The Hall–Kier alpha value is -3.04. The molecule has 1 heterocycles. The summed E-state index contributed by atoms with van der Waals surface area (Å²) in [6.45, 7) is 12.0. The number of aryl methyl sites for hydroxylation is 2. The van der Waals surface area contributed by atoms with Crippen molar-refractivity contribution in [2.75, 3.05) is 38.1 Å². The zero-order chi connectivity index (χ0) is 29.7. The van der Waals surface area contributed by atoms with Crippen LogP contribution in [0, 0.1) is 20.8 Å². The molecule has 4 rings (SSSR count). The van der Waals surface area contributed by atoms with Gasteiger partial charge in [0.25, 0.3) is 0 Å². The third kappa shape index (κ3) is 6.89. The highest BCUT2D eigenvalue weighted by molar-refractivity contribution is 7.89. The minimum atomic E-state index is -3.64. The van der Waals surface area contributed by atoms with Gasteiger partial charge < -0.3 is 10.4 Å². The Balaban J connectivity index is 1.30. The Morgan fingerprint density at radius 3 is 2.39 bits per heavy atom. The van der Waals surface area contributed by atoms with Crippen molar-refractivity contribution < 1.29 is 18.3 Å². The zero-order valence-corrected chi connectivity index (χ0v) is 25.7. The van der Waals surface area contributed by atoms with Gasteiger partial charge in [0.05, 0.1) is 11.5 Å². The molecule has 3 aromatic carbocycles. The lowest BCUT2D eigenvalue weighted by molar-refractivity contribution is -0.114. The lowest BCUT2D eigenvalue weighted by Gasteiger charge is -2.48. The van der Waals surface area contributed by atoms with E-state index in [9.17, 15) is 18.3 Å². The number of likely N-dealkylation sites (tertiary alicyclic amines) is 1. The van der Waals surface area contributed by atoms with E-state index < -0.39 is 10.0 Å². The summed E-state index contributed by atoms with van der Waals surface area (Å²) in [7, 11) is -3.64. The topological polar surface area (TPSA) is 89.9 Å². The standard InChI is InChI=1S/C33H43N3O4S/c1-6-36(41(39,40)33-17-16-29(20-24(33)3)34-26(5)38)19-8-7-18-35-21-31(32(35)22-37)28-14-12-27(13-15-28)30-11-9-10-23(2)25(30)4/h9-17,20,31-32,37H,6-8,18-19,21-22H2,1-5H3,(H,34,38). The van der Waals surface area contributed by atoms with Crippen LogP contribution in [0.5, 0.6) is 0 Å².